The smallest absolute Gasteiger partial charge is 0.310 e. The van der Waals surface area contributed by atoms with Crippen molar-refractivity contribution in [1.29, 1.82) is 0 Å². The maximum absolute atomic E-state index is 11.3. The minimum Gasteiger partial charge on any atom is -0.469 e. The predicted molar refractivity (Wildman–Crippen MR) is 47.1 cm³/mol. The first-order chi connectivity index (χ1) is 6.76. The summed E-state index contributed by atoms with van der Waals surface area (Å²) in [6.07, 6.45) is 0.597. The molecule has 1 unspecified atom stereocenters. The number of hydrogen-bond donors (Lipinski definition) is 1. The molecule has 1 aromatic rings. The van der Waals surface area contributed by atoms with Crippen LogP contribution in [0.2, 0.25) is 0 Å². The molecule has 1 aliphatic rings. The molecule has 0 aliphatic carbocycles. The van der Waals surface area contributed by atoms with Crippen LogP contribution in [0.5, 0.6) is 0 Å². The first-order valence-corrected chi connectivity index (χ1v) is 4.45. The fourth-order valence-electron chi connectivity index (χ4n) is 1.72. The summed E-state index contributed by atoms with van der Waals surface area (Å²) in [5.74, 6) is 1.22. The van der Waals surface area contributed by atoms with Crippen molar-refractivity contribution in [2.24, 2.45) is 11.7 Å². The number of ether oxygens (including phenoxy) is 1. The average molecular weight is 196 g/mol. The molecule has 6 nitrogen and oxygen atoms in total. The summed E-state index contributed by atoms with van der Waals surface area (Å²) in [5, 5.41) is 7.87. The third-order valence-electron chi connectivity index (χ3n) is 2.45. The van der Waals surface area contributed by atoms with E-state index in [4.69, 9.17) is 5.73 Å². The van der Waals surface area contributed by atoms with E-state index in [0.717, 1.165) is 11.6 Å². The standard InChI is InChI=1S/C8H12N4O2/c1-14-8(13)5-2-6-10-11-7(3-9)12(6)4-5/h5H,2-4,9H2,1H3. The number of hydrogen-bond acceptors (Lipinski definition) is 5. The normalized spacial score (nSPS) is 19.4. The highest BCUT2D eigenvalue weighted by Crippen LogP contribution is 2.20. The van der Waals surface area contributed by atoms with Crippen molar-refractivity contribution in [2.45, 2.75) is 19.5 Å². The SMILES string of the molecule is COC(=O)C1Cc2nnc(CN)n2C1. The van der Waals surface area contributed by atoms with Crippen LogP contribution in [0.15, 0.2) is 0 Å². The molecule has 14 heavy (non-hydrogen) atoms. The maximum Gasteiger partial charge on any atom is 0.310 e. The van der Waals surface area contributed by atoms with E-state index in [2.05, 4.69) is 14.9 Å². The van der Waals surface area contributed by atoms with E-state index < -0.39 is 0 Å². The number of nitrogens with two attached hydrogens (primary N) is 1. The van der Waals surface area contributed by atoms with Crippen molar-refractivity contribution in [3.8, 4) is 0 Å². The van der Waals surface area contributed by atoms with Crippen LogP contribution in [-0.4, -0.2) is 27.8 Å². The van der Waals surface area contributed by atoms with Gasteiger partial charge in [-0.25, -0.2) is 0 Å². The summed E-state index contributed by atoms with van der Waals surface area (Å²) in [7, 11) is 1.39. The number of esters is 1. The molecule has 0 bridgehead atoms. The summed E-state index contributed by atoms with van der Waals surface area (Å²) in [5.41, 5.74) is 5.48. The van der Waals surface area contributed by atoms with E-state index in [0.29, 0.717) is 19.5 Å². The van der Waals surface area contributed by atoms with Gasteiger partial charge in [0, 0.05) is 13.0 Å². The lowest BCUT2D eigenvalue weighted by molar-refractivity contribution is -0.145. The van der Waals surface area contributed by atoms with E-state index in [1.54, 1.807) is 0 Å². The molecule has 0 saturated carbocycles. The summed E-state index contributed by atoms with van der Waals surface area (Å²) in [4.78, 5) is 11.3. The molecule has 2 heterocycles. The van der Waals surface area contributed by atoms with E-state index >= 15 is 0 Å². The second kappa shape index (κ2) is 3.38. The summed E-state index contributed by atoms with van der Waals surface area (Å²) >= 11 is 0. The summed E-state index contributed by atoms with van der Waals surface area (Å²) in [6.45, 7) is 0.933. The highest BCUT2D eigenvalue weighted by atomic mass is 16.5. The molecule has 1 atom stereocenters. The second-order valence-corrected chi connectivity index (χ2v) is 3.27. The Labute approximate surface area is 81.1 Å². The Morgan fingerprint density at radius 2 is 2.50 bits per heavy atom. The molecule has 0 saturated heterocycles. The molecule has 0 amide bonds. The van der Waals surface area contributed by atoms with Gasteiger partial charge in [-0.05, 0) is 0 Å². The lowest BCUT2D eigenvalue weighted by atomic mass is 10.1. The number of nitrogens with zero attached hydrogens (tertiary/aromatic N) is 3. The Morgan fingerprint density at radius 3 is 3.14 bits per heavy atom. The molecular formula is C8H12N4O2. The number of fused-ring (bicyclic) bond motifs is 1. The maximum atomic E-state index is 11.3. The van der Waals surface area contributed by atoms with Crippen LogP contribution >= 0.6 is 0 Å². The van der Waals surface area contributed by atoms with Crippen LogP contribution in [0.25, 0.3) is 0 Å². The van der Waals surface area contributed by atoms with Crippen molar-refractivity contribution in [3.63, 3.8) is 0 Å². The van der Waals surface area contributed by atoms with E-state index in [-0.39, 0.29) is 11.9 Å². The zero-order valence-corrected chi connectivity index (χ0v) is 7.93. The molecule has 1 aliphatic heterocycles. The third kappa shape index (κ3) is 1.27. The van der Waals surface area contributed by atoms with E-state index in [1.807, 2.05) is 4.57 Å². The van der Waals surface area contributed by atoms with Crippen molar-refractivity contribution in [1.82, 2.24) is 14.8 Å². The third-order valence-corrected chi connectivity index (χ3v) is 2.45. The first-order valence-electron chi connectivity index (χ1n) is 4.45. The lowest BCUT2D eigenvalue weighted by Crippen LogP contribution is -2.18. The molecule has 2 rings (SSSR count). The van der Waals surface area contributed by atoms with Gasteiger partial charge in [-0.1, -0.05) is 0 Å². The van der Waals surface area contributed by atoms with Gasteiger partial charge in [0.15, 0.2) is 0 Å². The minimum atomic E-state index is -0.196. The number of methoxy groups -OCH3 is 1. The molecule has 0 aromatic carbocycles. The lowest BCUT2D eigenvalue weighted by Gasteiger charge is -2.05. The topological polar surface area (TPSA) is 83.0 Å². The van der Waals surface area contributed by atoms with Gasteiger partial charge in [-0.3, -0.25) is 4.79 Å². The van der Waals surface area contributed by atoms with Gasteiger partial charge in [0.05, 0.1) is 19.6 Å². The van der Waals surface area contributed by atoms with Gasteiger partial charge in [0.1, 0.15) is 11.6 Å². The number of carbonyl (C=O) groups is 1. The number of aromatic nitrogens is 3. The highest BCUT2D eigenvalue weighted by Gasteiger charge is 2.31. The number of carbonyl (C=O) groups excluding carboxylic acids is 1. The highest BCUT2D eigenvalue weighted by molar-refractivity contribution is 5.72. The largest absolute Gasteiger partial charge is 0.469 e. The van der Waals surface area contributed by atoms with Gasteiger partial charge < -0.3 is 15.0 Å². The summed E-state index contributed by atoms with van der Waals surface area (Å²) < 4.78 is 6.57. The summed E-state index contributed by atoms with van der Waals surface area (Å²) in [6, 6.07) is 0. The predicted octanol–water partition coefficient (Wildman–Crippen LogP) is -0.918. The Hall–Kier alpha value is -1.43. The van der Waals surface area contributed by atoms with Gasteiger partial charge in [0.2, 0.25) is 0 Å². The zero-order valence-electron chi connectivity index (χ0n) is 7.93. The Bertz CT molecular complexity index is 360. The Kier molecular flexibility index (Phi) is 2.20. The van der Waals surface area contributed by atoms with Crippen LogP contribution in [0, 0.1) is 5.92 Å². The van der Waals surface area contributed by atoms with Crippen LogP contribution in [-0.2, 0) is 29.0 Å². The van der Waals surface area contributed by atoms with Crippen molar-refractivity contribution in [3.05, 3.63) is 11.6 Å². The van der Waals surface area contributed by atoms with Gasteiger partial charge in [0.25, 0.3) is 0 Å². The molecule has 0 fully saturated rings. The Morgan fingerprint density at radius 1 is 1.71 bits per heavy atom. The monoisotopic (exact) mass is 196 g/mol. The van der Waals surface area contributed by atoms with Crippen molar-refractivity contribution < 1.29 is 9.53 Å². The van der Waals surface area contributed by atoms with Crippen LogP contribution in [0.1, 0.15) is 11.6 Å². The zero-order chi connectivity index (χ0) is 10.1. The van der Waals surface area contributed by atoms with Crippen molar-refractivity contribution >= 4 is 5.97 Å². The Balaban J connectivity index is 2.18. The van der Waals surface area contributed by atoms with Gasteiger partial charge >= 0.3 is 5.97 Å². The average Bonchev–Trinajstić information content (AvgIpc) is 2.74. The molecule has 6 heteroatoms. The van der Waals surface area contributed by atoms with E-state index in [9.17, 15) is 4.79 Å². The second-order valence-electron chi connectivity index (χ2n) is 3.27. The molecule has 2 N–H and O–H groups in total. The van der Waals surface area contributed by atoms with Crippen LogP contribution in [0.4, 0.5) is 0 Å². The van der Waals surface area contributed by atoms with Gasteiger partial charge in [-0.15, -0.1) is 10.2 Å². The van der Waals surface area contributed by atoms with Crippen LogP contribution < -0.4 is 5.73 Å². The fraction of sp³-hybridized carbons (Fsp3) is 0.625. The number of rotatable bonds is 2. The van der Waals surface area contributed by atoms with Gasteiger partial charge in [-0.2, -0.15) is 0 Å². The molecule has 0 radical (unpaired) electrons. The molecule has 1 aromatic heterocycles. The molecule has 76 valence electrons. The minimum absolute atomic E-state index is 0.129. The van der Waals surface area contributed by atoms with Crippen molar-refractivity contribution in [2.75, 3.05) is 7.11 Å². The molecular weight excluding hydrogens is 184 g/mol. The van der Waals surface area contributed by atoms with Crippen LogP contribution in [0.3, 0.4) is 0 Å². The fourth-order valence-corrected chi connectivity index (χ4v) is 1.72. The quantitative estimate of drug-likeness (QED) is 0.618. The molecule has 0 spiro atoms. The van der Waals surface area contributed by atoms with E-state index in [1.165, 1.54) is 7.11 Å². The first kappa shape index (κ1) is 9.14.